The van der Waals surface area contributed by atoms with Crippen LogP contribution in [0.5, 0.6) is 5.75 Å². The first-order valence-electron chi connectivity index (χ1n) is 11.2. The first kappa shape index (κ1) is 22.2. The van der Waals surface area contributed by atoms with Gasteiger partial charge in [0.05, 0.1) is 18.1 Å². The van der Waals surface area contributed by atoms with E-state index in [9.17, 15) is 4.79 Å². The summed E-state index contributed by atoms with van der Waals surface area (Å²) < 4.78 is 7.19. The summed E-state index contributed by atoms with van der Waals surface area (Å²) in [5.41, 5.74) is 12.0. The van der Waals surface area contributed by atoms with Crippen molar-refractivity contribution < 1.29 is 9.53 Å². The van der Waals surface area contributed by atoms with Crippen LogP contribution in [-0.2, 0) is 6.54 Å². The zero-order valence-electron chi connectivity index (χ0n) is 19.8. The van der Waals surface area contributed by atoms with Gasteiger partial charge in [-0.25, -0.2) is 9.97 Å². The van der Waals surface area contributed by atoms with Crippen molar-refractivity contribution in [1.29, 1.82) is 0 Å². The van der Waals surface area contributed by atoms with E-state index in [0.717, 1.165) is 22.5 Å². The van der Waals surface area contributed by atoms with E-state index in [1.807, 2.05) is 91.8 Å². The summed E-state index contributed by atoms with van der Waals surface area (Å²) in [6.45, 7) is 0.285. The smallest absolute Gasteiger partial charge is 0.257 e. The molecule has 8 heteroatoms. The van der Waals surface area contributed by atoms with Crippen LogP contribution in [0.25, 0.3) is 27.9 Å². The molecule has 0 saturated heterocycles. The molecule has 0 atom stereocenters. The molecule has 35 heavy (non-hydrogen) atoms. The second-order valence-corrected chi connectivity index (χ2v) is 8.39. The number of rotatable bonds is 6. The van der Waals surface area contributed by atoms with E-state index in [0.29, 0.717) is 28.0 Å². The average molecular weight is 467 g/mol. The molecule has 0 bridgehead atoms. The Morgan fingerprint density at radius 1 is 0.971 bits per heavy atom. The minimum atomic E-state index is -0.327. The molecule has 176 valence electrons. The Labute approximate surface area is 203 Å². The van der Waals surface area contributed by atoms with Crippen LogP contribution in [0.3, 0.4) is 0 Å². The van der Waals surface area contributed by atoms with Crippen molar-refractivity contribution in [2.45, 2.75) is 6.54 Å². The number of anilines is 2. The van der Waals surface area contributed by atoms with Gasteiger partial charge in [-0.1, -0.05) is 30.3 Å². The number of hydrogen-bond donors (Lipinski definition) is 2. The SMILES string of the molecule is COc1ccccc1CNC(=O)c1c(N)n(-c2ccc(N(C)C)cc2)c2nc3ccccc3nc12. The average Bonchev–Trinajstić information content (AvgIpc) is 3.16. The quantitative estimate of drug-likeness (QED) is 0.390. The fraction of sp³-hybridized carbons (Fsp3) is 0.148. The molecule has 0 aliphatic carbocycles. The van der Waals surface area contributed by atoms with Crippen LogP contribution in [0, 0.1) is 0 Å². The summed E-state index contributed by atoms with van der Waals surface area (Å²) in [4.78, 5) is 25.1. The van der Waals surface area contributed by atoms with Gasteiger partial charge < -0.3 is 20.7 Å². The third-order valence-electron chi connectivity index (χ3n) is 5.98. The Kier molecular flexibility index (Phi) is 5.70. The third-order valence-corrected chi connectivity index (χ3v) is 5.98. The number of nitrogens with zero attached hydrogens (tertiary/aromatic N) is 4. The summed E-state index contributed by atoms with van der Waals surface area (Å²) in [5, 5.41) is 2.97. The summed E-state index contributed by atoms with van der Waals surface area (Å²) >= 11 is 0. The van der Waals surface area contributed by atoms with Crippen LogP contribution in [0.4, 0.5) is 11.5 Å². The molecule has 2 aromatic heterocycles. The first-order valence-corrected chi connectivity index (χ1v) is 11.2. The van der Waals surface area contributed by atoms with Crippen LogP contribution in [0.1, 0.15) is 15.9 Å². The van der Waals surface area contributed by atoms with E-state index in [-0.39, 0.29) is 18.3 Å². The number of aromatic nitrogens is 3. The van der Waals surface area contributed by atoms with Crippen molar-refractivity contribution in [2.75, 3.05) is 31.8 Å². The Balaban J connectivity index is 1.63. The number of nitrogens with two attached hydrogens (primary N) is 1. The molecule has 1 amide bonds. The summed E-state index contributed by atoms with van der Waals surface area (Å²) in [6.07, 6.45) is 0. The van der Waals surface area contributed by atoms with Gasteiger partial charge in [-0.3, -0.25) is 9.36 Å². The van der Waals surface area contributed by atoms with Gasteiger partial charge in [-0.2, -0.15) is 0 Å². The van der Waals surface area contributed by atoms with Gasteiger partial charge in [-0.05, 0) is 42.5 Å². The van der Waals surface area contributed by atoms with E-state index >= 15 is 0 Å². The molecule has 0 aliphatic rings. The Hall–Kier alpha value is -4.59. The zero-order chi connectivity index (χ0) is 24.5. The normalized spacial score (nSPS) is 11.1. The Morgan fingerprint density at radius 2 is 1.63 bits per heavy atom. The molecule has 8 nitrogen and oxygen atoms in total. The fourth-order valence-corrected chi connectivity index (χ4v) is 4.16. The first-order chi connectivity index (χ1) is 17.0. The molecule has 0 saturated carbocycles. The van der Waals surface area contributed by atoms with Crippen molar-refractivity contribution in [3.8, 4) is 11.4 Å². The summed E-state index contributed by atoms with van der Waals surface area (Å²) in [7, 11) is 5.57. The predicted molar refractivity (Wildman–Crippen MR) is 139 cm³/mol. The number of carbonyl (C=O) groups is 1. The van der Waals surface area contributed by atoms with E-state index in [4.69, 9.17) is 20.4 Å². The highest BCUT2D eigenvalue weighted by atomic mass is 16.5. The Morgan fingerprint density at radius 3 is 2.31 bits per heavy atom. The molecular formula is C27H26N6O2. The number of benzene rings is 3. The van der Waals surface area contributed by atoms with Gasteiger partial charge in [0.25, 0.3) is 5.91 Å². The lowest BCUT2D eigenvalue weighted by Gasteiger charge is -2.14. The molecule has 5 rings (SSSR count). The lowest BCUT2D eigenvalue weighted by molar-refractivity contribution is 0.0953. The van der Waals surface area contributed by atoms with Gasteiger partial charge in [0, 0.05) is 37.6 Å². The topological polar surface area (TPSA) is 98.3 Å². The van der Waals surface area contributed by atoms with Gasteiger partial charge >= 0.3 is 0 Å². The van der Waals surface area contributed by atoms with Crippen LogP contribution in [0.15, 0.2) is 72.8 Å². The highest BCUT2D eigenvalue weighted by Gasteiger charge is 2.25. The van der Waals surface area contributed by atoms with Crippen molar-refractivity contribution in [2.24, 2.45) is 0 Å². The number of amides is 1. The van der Waals surface area contributed by atoms with Gasteiger partial charge in [0.2, 0.25) is 0 Å². The van der Waals surface area contributed by atoms with Crippen LogP contribution < -0.4 is 20.7 Å². The maximum Gasteiger partial charge on any atom is 0.257 e. The number of fused-ring (bicyclic) bond motifs is 2. The van der Waals surface area contributed by atoms with Crippen LogP contribution in [0.2, 0.25) is 0 Å². The maximum atomic E-state index is 13.5. The number of nitrogens with one attached hydrogen (secondary N) is 1. The highest BCUT2D eigenvalue weighted by molar-refractivity contribution is 6.11. The van der Waals surface area contributed by atoms with Gasteiger partial charge in [0.15, 0.2) is 5.65 Å². The minimum Gasteiger partial charge on any atom is -0.496 e. The molecule has 5 aromatic rings. The molecule has 0 fully saturated rings. The molecule has 0 unspecified atom stereocenters. The zero-order valence-corrected chi connectivity index (χ0v) is 19.8. The van der Waals surface area contributed by atoms with Crippen molar-refractivity contribution in [1.82, 2.24) is 19.9 Å². The molecule has 3 aromatic carbocycles. The minimum absolute atomic E-state index is 0.283. The van der Waals surface area contributed by atoms with Crippen molar-refractivity contribution in [3.05, 3.63) is 83.9 Å². The van der Waals surface area contributed by atoms with Crippen LogP contribution >= 0.6 is 0 Å². The number of carbonyl (C=O) groups excluding carboxylic acids is 1. The molecule has 3 N–H and O–H groups in total. The standard InChI is InChI=1S/C27H26N6O2/c1-32(2)18-12-14-19(15-13-18)33-25(28)23(24-26(33)31-21-10-6-5-9-20(21)30-24)27(34)29-16-17-8-4-7-11-22(17)35-3/h4-15H,16,28H2,1-3H3,(H,29,34). The second-order valence-electron chi connectivity index (χ2n) is 8.39. The molecule has 0 spiro atoms. The van der Waals surface area contributed by atoms with Crippen LogP contribution in [-0.4, -0.2) is 41.6 Å². The Bertz CT molecular complexity index is 1540. The van der Waals surface area contributed by atoms with Gasteiger partial charge in [0.1, 0.15) is 22.6 Å². The predicted octanol–water partition coefficient (Wildman–Crippen LogP) is 4.16. The van der Waals surface area contributed by atoms with E-state index in [1.165, 1.54) is 0 Å². The monoisotopic (exact) mass is 466 g/mol. The van der Waals surface area contributed by atoms with Crippen molar-refractivity contribution >= 4 is 39.6 Å². The fourth-order valence-electron chi connectivity index (χ4n) is 4.16. The number of nitrogen functional groups attached to an aromatic ring is 1. The molecule has 0 radical (unpaired) electrons. The summed E-state index contributed by atoms with van der Waals surface area (Å²) in [5.74, 6) is 0.659. The second kappa shape index (κ2) is 8.98. The lowest BCUT2D eigenvalue weighted by Crippen LogP contribution is -2.24. The number of para-hydroxylation sites is 3. The number of ether oxygens (including phenoxy) is 1. The molecular weight excluding hydrogens is 440 g/mol. The third kappa shape index (κ3) is 3.99. The van der Waals surface area contributed by atoms with E-state index in [2.05, 4.69) is 5.32 Å². The largest absolute Gasteiger partial charge is 0.496 e. The lowest BCUT2D eigenvalue weighted by atomic mass is 10.2. The number of hydrogen-bond acceptors (Lipinski definition) is 6. The molecule has 0 aliphatic heterocycles. The van der Waals surface area contributed by atoms with E-state index in [1.54, 1.807) is 11.7 Å². The summed E-state index contributed by atoms with van der Waals surface area (Å²) in [6, 6.07) is 23.0. The van der Waals surface area contributed by atoms with E-state index < -0.39 is 0 Å². The molecule has 2 heterocycles. The van der Waals surface area contributed by atoms with Crippen molar-refractivity contribution in [3.63, 3.8) is 0 Å². The maximum absolute atomic E-state index is 13.5. The van der Waals surface area contributed by atoms with Gasteiger partial charge in [-0.15, -0.1) is 0 Å². The number of methoxy groups -OCH3 is 1. The highest BCUT2D eigenvalue weighted by Crippen LogP contribution is 2.31.